The van der Waals surface area contributed by atoms with Gasteiger partial charge < -0.3 is 5.11 Å². The van der Waals surface area contributed by atoms with Crippen molar-refractivity contribution in [2.75, 3.05) is 0 Å². The van der Waals surface area contributed by atoms with Crippen LogP contribution in [0.25, 0.3) is 10.4 Å². The molecule has 0 aliphatic heterocycles. The standard InChI is InChI=1S/C15H9F4N3O2/c16-9-1-7(2-10(17)5-9)13(14(15(23)24)21-22-20)8-3-11(18)6-12(19)4-8/h1-6,13-14H,(H,23,24). The number of hydrogen-bond acceptors (Lipinski definition) is 2. The predicted molar refractivity (Wildman–Crippen MR) is 75.1 cm³/mol. The van der Waals surface area contributed by atoms with Crippen molar-refractivity contribution in [3.05, 3.63) is 81.2 Å². The first-order chi connectivity index (χ1) is 11.3. The number of rotatable bonds is 5. The van der Waals surface area contributed by atoms with Crippen molar-refractivity contribution in [1.82, 2.24) is 0 Å². The molecule has 1 unspecified atom stereocenters. The maximum Gasteiger partial charge on any atom is 0.313 e. The van der Waals surface area contributed by atoms with E-state index in [-0.39, 0.29) is 11.1 Å². The Morgan fingerprint density at radius 1 is 0.917 bits per heavy atom. The van der Waals surface area contributed by atoms with Gasteiger partial charge >= 0.3 is 5.97 Å². The van der Waals surface area contributed by atoms with Gasteiger partial charge in [-0.15, -0.1) is 0 Å². The minimum atomic E-state index is -1.86. The fourth-order valence-electron chi connectivity index (χ4n) is 2.38. The first kappa shape index (κ1) is 17.3. The lowest BCUT2D eigenvalue weighted by atomic mass is 9.85. The summed E-state index contributed by atoms with van der Waals surface area (Å²) in [6, 6.07) is 2.46. The van der Waals surface area contributed by atoms with E-state index in [1.165, 1.54) is 0 Å². The Morgan fingerprint density at radius 3 is 1.58 bits per heavy atom. The number of nitrogens with zero attached hydrogens (tertiary/aromatic N) is 3. The molecule has 24 heavy (non-hydrogen) atoms. The highest BCUT2D eigenvalue weighted by atomic mass is 19.1. The second-order valence-corrected chi connectivity index (χ2v) is 4.87. The van der Waals surface area contributed by atoms with Crippen LogP contribution in [0.5, 0.6) is 0 Å². The zero-order chi connectivity index (χ0) is 17.9. The molecule has 0 fully saturated rings. The lowest BCUT2D eigenvalue weighted by molar-refractivity contribution is -0.138. The van der Waals surface area contributed by atoms with Gasteiger partial charge in [-0.2, -0.15) is 0 Å². The van der Waals surface area contributed by atoms with E-state index < -0.39 is 41.2 Å². The number of aliphatic carboxylic acids is 1. The number of carbonyl (C=O) groups is 1. The Hall–Kier alpha value is -3.06. The van der Waals surface area contributed by atoms with Crippen LogP contribution in [0.3, 0.4) is 0 Å². The van der Waals surface area contributed by atoms with Crippen molar-refractivity contribution in [3.8, 4) is 0 Å². The predicted octanol–water partition coefficient (Wildman–Crippen LogP) is 4.14. The number of halogens is 4. The topological polar surface area (TPSA) is 86.1 Å². The monoisotopic (exact) mass is 339 g/mol. The molecule has 2 aromatic rings. The molecule has 0 aromatic heterocycles. The summed E-state index contributed by atoms with van der Waals surface area (Å²) in [5.41, 5.74) is 8.07. The fraction of sp³-hybridized carbons (Fsp3) is 0.133. The van der Waals surface area contributed by atoms with Gasteiger partial charge in [0.1, 0.15) is 29.3 Å². The summed E-state index contributed by atoms with van der Waals surface area (Å²) < 4.78 is 53.9. The highest BCUT2D eigenvalue weighted by Crippen LogP contribution is 2.32. The molecule has 0 aliphatic rings. The summed E-state index contributed by atoms with van der Waals surface area (Å²) in [6.45, 7) is 0. The van der Waals surface area contributed by atoms with Crippen molar-refractivity contribution < 1.29 is 27.5 Å². The molecule has 0 spiro atoms. The van der Waals surface area contributed by atoms with Gasteiger partial charge in [-0.3, -0.25) is 4.79 Å². The molecule has 0 heterocycles. The van der Waals surface area contributed by atoms with Crippen LogP contribution < -0.4 is 0 Å². The third-order valence-electron chi connectivity index (χ3n) is 3.23. The van der Waals surface area contributed by atoms with Crippen molar-refractivity contribution in [3.63, 3.8) is 0 Å². The van der Waals surface area contributed by atoms with E-state index in [0.29, 0.717) is 12.1 Å². The van der Waals surface area contributed by atoms with Gasteiger partial charge in [0, 0.05) is 23.0 Å². The number of carboxylic acids is 1. The average Bonchev–Trinajstić information content (AvgIpc) is 2.44. The van der Waals surface area contributed by atoms with Gasteiger partial charge in [0.2, 0.25) is 0 Å². The van der Waals surface area contributed by atoms with Crippen molar-refractivity contribution >= 4 is 5.97 Å². The zero-order valence-electron chi connectivity index (χ0n) is 11.8. The van der Waals surface area contributed by atoms with E-state index in [4.69, 9.17) is 5.53 Å². The summed E-state index contributed by atoms with van der Waals surface area (Å²) in [5.74, 6) is -7.18. The lowest BCUT2D eigenvalue weighted by Crippen LogP contribution is -2.27. The molecule has 1 N–H and O–H groups in total. The summed E-state index contributed by atoms with van der Waals surface area (Å²) in [4.78, 5) is 13.8. The molecule has 5 nitrogen and oxygen atoms in total. The molecule has 0 saturated heterocycles. The van der Waals surface area contributed by atoms with E-state index >= 15 is 0 Å². The quantitative estimate of drug-likeness (QED) is 0.384. The van der Waals surface area contributed by atoms with Crippen LogP contribution in [-0.4, -0.2) is 17.1 Å². The Morgan fingerprint density at radius 2 is 1.29 bits per heavy atom. The highest BCUT2D eigenvalue weighted by Gasteiger charge is 2.31. The summed E-state index contributed by atoms with van der Waals surface area (Å²) in [5, 5.41) is 12.3. The van der Waals surface area contributed by atoms with Gasteiger partial charge in [0.05, 0.1) is 0 Å². The number of benzene rings is 2. The van der Waals surface area contributed by atoms with Crippen LogP contribution in [0.15, 0.2) is 41.5 Å². The minimum Gasteiger partial charge on any atom is -0.481 e. The Kier molecular flexibility index (Phi) is 5.05. The van der Waals surface area contributed by atoms with Crippen LogP contribution in [0, 0.1) is 23.3 Å². The van der Waals surface area contributed by atoms with Gasteiger partial charge in [0.25, 0.3) is 0 Å². The molecule has 0 radical (unpaired) electrons. The Balaban J connectivity index is 2.72. The van der Waals surface area contributed by atoms with Crippen molar-refractivity contribution in [2.24, 2.45) is 5.11 Å². The zero-order valence-corrected chi connectivity index (χ0v) is 11.8. The SMILES string of the molecule is [N-]=[N+]=NC(C(=O)O)C(c1cc(F)cc(F)c1)c1cc(F)cc(F)c1. The average molecular weight is 339 g/mol. The maximum absolute atomic E-state index is 13.5. The van der Waals surface area contributed by atoms with Gasteiger partial charge in [-0.1, -0.05) is 5.11 Å². The van der Waals surface area contributed by atoms with Crippen molar-refractivity contribution in [2.45, 2.75) is 12.0 Å². The lowest BCUT2D eigenvalue weighted by Gasteiger charge is -2.22. The van der Waals surface area contributed by atoms with E-state index in [2.05, 4.69) is 10.0 Å². The molecule has 0 saturated carbocycles. The van der Waals surface area contributed by atoms with Crippen LogP contribution >= 0.6 is 0 Å². The first-order valence-corrected chi connectivity index (χ1v) is 6.51. The van der Waals surface area contributed by atoms with Gasteiger partial charge in [-0.05, 0) is 40.9 Å². The third-order valence-corrected chi connectivity index (χ3v) is 3.23. The molecule has 9 heteroatoms. The van der Waals surface area contributed by atoms with Crippen LogP contribution in [0.4, 0.5) is 17.6 Å². The molecule has 2 rings (SSSR count). The largest absolute Gasteiger partial charge is 0.481 e. The summed E-state index contributed by atoms with van der Waals surface area (Å²) in [6.07, 6.45) is 0. The first-order valence-electron chi connectivity index (χ1n) is 6.51. The fourth-order valence-corrected chi connectivity index (χ4v) is 2.38. The number of azide groups is 1. The summed E-state index contributed by atoms with van der Waals surface area (Å²) in [7, 11) is 0. The van der Waals surface area contributed by atoms with Crippen LogP contribution in [0.2, 0.25) is 0 Å². The molecule has 0 amide bonds. The Bertz CT molecular complexity index is 743. The Labute approximate surface area is 132 Å². The number of hydrogen-bond donors (Lipinski definition) is 1. The van der Waals surface area contributed by atoms with E-state index in [1.807, 2.05) is 0 Å². The highest BCUT2D eigenvalue weighted by molar-refractivity contribution is 5.76. The molecular weight excluding hydrogens is 330 g/mol. The maximum atomic E-state index is 13.5. The third kappa shape index (κ3) is 3.82. The molecule has 0 bridgehead atoms. The van der Waals surface area contributed by atoms with E-state index in [9.17, 15) is 27.5 Å². The van der Waals surface area contributed by atoms with Crippen LogP contribution in [0.1, 0.15) is 17.0 Å². The van der Waals surface area contributed by atoms with Crippen LogP contribution in [-0.2, 0) is 4.79 Å². The molecule has 1 atom stereocenters. The normalized spacial score (nSPS) is 11.9. The molecule has 0 aliphatic carbocycles. The molecular formula is C15H9F4N3O2. The molecule has 124 valence electrons. The van der Waals surface area contributed by atoms with E-state index in [0.717, 1.165) is 24.3 Å². The smallest absolute Gasteiger partial charge is 0.313 e. The second-order valence-electron chi connectivity index (χ2n) is 4.87. The number of carboxylic acid groups (broad SMARTS) is 1. The second kappa shape index (κ2) is 7.01. The van der Waals surface area contributed by atoms with Gasteiger partial charge in [0.15, 0.2) is 0 Å². The van der Waals surface area contributed by atoms with Crippen molar-refractivity contribution in [1.29, 1.82) is 0 Å². The minimum absolute atomic E-state index is 0.239. The molecule has 2 aromatic carbocycles. The van der Waals surface area contributed by atoms with E-state index in [1.54, 1.807) is 0 Å². The summed E-state index contributed by atoms with van der Waals surface area (Å²) >= 11 is 0. The van der Waals surface area contributed by atoms with Gasteiger partial charge in [-0.25, -0.2) is 17.6 Å².